The lowest BCUT2D eigenvalue weighted by Crippen LogP contribution is -2.09. The Morgan fingerprint density at radius 1 is 1.28 bits per heavy atom. The van der Waals surface area contributed by atoms with Crippen LogP contribution in [0.5, 0.6) is 0 Å². The summed E-state index contributed by atoms with van der Waals surface area (Å²) in [7, 11) is 0. The number of para-hydroxylation sites is 1. The smallest absolute Gasteiger partial charge is 0.274 e. The summed E-state index contributed by atoms with van der Waals surface area (Å²) in [4.78, 5) is 17.0. The molecule has 164 valence electrons. The Kier molecular flexibility index (Phi) is 6.81. The topological polar surface area (TPSA) is 115 Å². The number of imidazole rings is 1. The number of thiophene rings is 1. The summed E-state index contributed by atoms with van der Waals surface area (Å²) >= 11 is 1.66. The molecule has 9 nitrogen and oxygen atoms in total. The van der Waals surface area contributed by atoms with Gasteiger partial charge in [-0.05, 0) is 29.2 Å². The second kappa shape index (κ2) is 10.1. The van der Waals surface area contributed by atoms with Gasteiger partial charge in [-0.15, -0.1) is 21.5 Å². The third-order valence-electron chi connectivity index (χ3n) is 5.14. The second-order valence-corrected chi connectivity index (χ2v) is 8.37. The Labute approximate surface area is 189 Å². The number of hydrogen-bond acceptors (Lipinski definition) is 7. The summed E-state index contributed by atoms with van der Waals surface area (Å²) in [6, 6.07) is 10.9. The largest absolute Gasteiger partial charge is 0.324 e. The van der Waals surface area contributed by atoms with Gasteiger partial charge in [0, 0.05) is 34.9 Å². The van der Waals surface area contributed by atoms with Crippen LogP contribution in [0.3, 0.4) is 0 Å². The highest BCUT2D eigenvalue weighted by Crippen LogP contribution is 2.25. The molecule has 0 atom stereocenters. The minimum Gasteiger partial charge on any atom is -0.324 e. The molecule has 10 heteroatoms. The number of allylic oxidation sites excluding steroid dienone is 1. The molecule has 4 rings (SSSR count). The number of unbranched alkanes of at least 4 members (excludes halogenated alkanes) is 1. The quantitative estimate of drug-likeness (QED) is 0.281. The Balaban J connectivity index is 1.76. The number of nitro groups is 1. The summed E-state index contributed by atoms with van der Waals surface area (Å²) < 4.78 is 2.05. The van der Waals surface area contributed by atoms with Crippen LogP contribution in [0.15, 0.2) is 48.0 Å². The van der Waals surface area contributed by atoms with Gasteiger partial charge >= 0.3 is 0 Å². The minimum atomic E-state index is -0.338. The highest BCUT2D eigenvalue weighted by molar-refractivity contribution is 7.10. The average molecular weight is 450 g/mol. The third-order valence-corrected chi connectivity index (χ3v) is 6.02. The predicted molar refractivity (Wildman–Crippen MR) is 123 cm³/mol. The molecule has 3 heterocycles. The van der Waals surface area contributed by atoms with Crippen LogP contribution in [0.4, 0.5) is 5.69 Å². The molecule has 32 heavy (non-hydrogen) atoms. The van der Waals surface area contributed by atoms with Crippen molar-refractivity contribution in [3.8, 4) is 0 Å². The molecule has 1 aromatic carbocycles. The number of nitro benzene ring substituents is 1. The van der Waals surface area contributed by atoms with Crippen LogP contribution in [0, 0.1) is 10.1 Å². The zero-order valence-corrected chi connectivity index (χ0v) is 18.5. The first-order valence-corrected chi connectivity index (χ1v) is 11.3. The van der Waals surface area contributed by atoms with Gasteiger partial charge in [-0.1, -0.05) is 37.6 Å². The molecule has 0 unspecified atom stereocenters. The number of nitrogens with zero attached hydrogens (tertiary/aromatic N) is 6. The predicted octanol–water partition coefficient (Wildman–Crippen LogP) is 4.54. The SMILES string of the molecule is CCCCc1ncc(/C=C(/Cc2cccs2)c2nn[nH]n2)n1Cc1ccccc1[N+](=O)[O-]. The van der Waals surface area contributed by atoms with Gasteiger partial charge in [0.2, 0.25) is 5.82 Å². The second-order valence-electron chi connectivity index (χ2n) is 7.34. The lowest BCUT2D eigenvalue weighted by molar-refractivity contribution is -0.385. The van der Waals surface area contributed by atoms with E-state index in [1.54, 1.807) is 23.5 Å². The Hall–Kier alpha value is -3.66. The van der Waals surface area contributed by atoms with Crippen molar-refractivity contribution in [1.29, 1.82) is 0 Å². The first kappa shape index (κ1) is 21.6. The van der Waals surface area contributed by atoms with Crippen LogP contribution >= 0.6 is 11.3 Å². The molecular formula is C22H23N7O2S. The van der Waals surface area contributed by atoms with E-state index in [1.807, 2.05) is 34.4 Å². The van der Waals surface area contributed by atoms with Crippen LogP contribution in [0.25, 0.3) is 11.6 Å². The van der Waals surface area contributed by atoms with E-state index < -0.39 is 0 Å². The van der Waals surface area contributed by atoms with Gasteiger partial charge in [0.05, 0.1) is 23.4 Å². The molecule has 0 fully saturated rings. The number of H-pyrrole nitrogens is 1. The van der Waals surface area contributed by atoms with E-state index >= 15 is 0 Å². The van der Waals surface area contributed by atoms with E-state index in [1.165, 1.54) is 10.9 Å². The van der Waals surface area contributed by atoms with Gasteiger partial charge in [-0.3, -0.25) is 10.1 Å². The summed E-state index contributed by atoms with van der Waals surface area (Å²) in [5.74, 6) is 1.42. The summed E-state index contributed by atoms with van der Waals surface area (Å²) in [6.07, 6.45) is 7.29. The number of aryl methyl sites for hydroxylation is 1. The van der Waals surface area contributed by atoms with Crippen molar-refractivity contribution >= 4 is 28.7 Å². The highest BCUT2D eigenvalue weighted by Gasteiger charge is 2.18. The Morgan fingerprint density at radius 3 is 2.88 bits per heavy atom. The van der Waals surface area contributed by atoms with E-state index in [0.717, 1.165) is 36.4 Å². The highest BCUT2D eigenvalue weighted by atomic mass is 32.1. The van der Waals surface area contributed by atoms with Crippen LogP contribution in [0.2, 0.25) is 0 Å². The molecule has 0 amide bonds. The molecular weight excluding hydrogens is 426 g/mol. The molecule has 0 aliphatic heterocycles. The van der Waals surface area contributed by atoms with Crippen molar-refractivity contribution in [2.75, 3.05) is 0 Å². The van der Waals surface area contributed by atoms with Crippen LogP contribution in [-0.4, -0.2) is 35.1 Å². The van der Waals surface area contributed by atoms with Crippen LogP contribution in [0.1, 0.15) is 47.5 Å². The number of aromatic amines is 1. The number of hydrogen-bond donors (Lipinski definition) is 1. The number of rotatable bonds is 10. The van der Waals surface area contributed by atoms with Crippen LogP contribution < -0.4 is 0 Å². The van der Waals surface area contributed by atoms with Gasteiger partial charge in [-0.2, -0.15) is 5.21 Å². The molecule has 0 aliphatic rings. The van der Waals surface area contributed by atoms with Gasteiger partial charge in [0.15, 0.2) is 0 Å². The molecule has 0 spiro atoms. The minimum absolute atomic E-state index is 0.106. The van der Waals surface area contributed by atoms with Gasteiger partial charge < -0.3 is 4.57 Å². The van der Waals surface area contributed by atoms with Gasteiger partial charge in [0.25, 0.3) is 5.69 Å². The first-order chi connectivity index (χ1) is 15.7. The van der Waals surface area contributed by atoms with Crippen molar-refractivity contribution in [1.82, 2.24) is 30.2 Å². The van der Waals surface area contributed by atoms with Crippen molar-refractivity contribution in [3.63, 3.8) is 0 Å². The number of tetrazole rings is 1. The fourth-order valence-corrected chi connectivity index (χ4v) is 4.25. The van der Waals surface area contributed by atoms with E-state index in [-0.39, 0.29) is 10.6 Å². The molecule has 3 aromatic heterocycles. The molecule has 4 aromatic rings. The lowest BCUT2D eigenvalue weighted by atomic mass is 10.1. The van der Waals surface area contributed by atoms with Gasteiger partial charge in [-0.25, -0.2) is 4.98 Å². The molecule has 0 aliphatic carbocycles. The standard InChI is InChI=1S/C22H23N7O2S/c1-2-3-10-21-23-14-18(28(21)15-16-7-4-5-9-20(16)29(30)31)12-17(22-24-26-27-25-22)13-19-8-6-11-32-19/h4-9,11-12,14H,2-3,10,13,15H2,1H3,(H,24,25,26,27)/b17-12-. The maximum absolute atomic E-state index is 11.5. The maximum Gasteiger partial charge on any atom is 0.274 e. The van der Waals surface area contributed by atoms with E-state index in [4.69, 9.17) is 0 Å². The molecule has 0 saturated heterocycles. The average Bonchev–Trinajstić information content (AvgIpc) is 3.56. The summed E-state index contributed by atoms with van der Waals surface area (Å²) in [5, 5.41) is 28.1. The third kappa shape index (κ3) is 4.97. The zero-order valence-electron chi connectivity index (χ0n) is 17.6. The Morgan fingerprint density at radius 2 is 2.16 bits per heavy atom. The molecule has 0 bridgehead atoms. The van der Waals surface area contributed by atoms with E-state index in [9.17, 15) is 10.1 Å². The Bertz CT molecular complexity index is 1200. The monoisotopic (exact) mass is 449 g/mol. The van der Waals surface area contributed by atoms with E-state index in [0.29, 0.717) is 24.4 Å². The van der Waals surface area contributed by atoms with Crippen molar-refractivity contribution in [2.45, 2.75) is 39.2 Å². The first-order valence-electron chi connectivity index (χ1n) is 10.4. The number of benzene rings is 1. The fourth-order valence-electron chi connectivity index (χ4n) is 3.53. The molecule has 1 N–H and O–H groups in total. The van der Waals surface area contributed by atoms with Crippen molar-refractivity contribution in [2.24, 2.45) is 0 Å². The van der Waals surface area contributed by atoms with Gasteiger partial charge in [0.1, 0.15) is 5.82 Å². The number of aromatic nitrogens is 6. The van der Waals surface area contributed by atoms with E-state index in [2.05, 4.69) is 38.6 Å². The van der Waals surface area contributed by atoms with Crippen molar-refractivity contribution < 1.29 is 4.92 Å². The molecule has 0 saturated carbocycles. The fraction of sp³-hybridized carbons (Fsp3) is 0.273. The molecule has 0 radical (unpaired) electrons. The summed E-state index contributed by atoms with van der Waals surface area (Å²) in [5.41, 5.74) is 2.49. The lowest BCUT2D eigenvalue weighted by Gasteiger charge is -2.12. The number of nitrogens with one attached hydrogen (secondary N) is 1. The zero-order chi connectivity index (χ0) is 22.3. The maximum atomic E-state index is 11.5. The summed E-state index contributed by atoms with van der Waals surface area (Å²) in [6.45, 7) is 2.49. The van der Waals surface area contributed by atoms with Crippen molar-refractivity contribution in [3.05, 3.63) is 85.9 Å². The van der Waals surface area contributed by atoms with Crippen LogP contribution in [-0.2, 0) is 19.4 Å². The normalized spacial score (nSPS) is 11.7.